The molecule has 2 nitrogen and oxygen atoms in total. The molecule has 0 aliphatic heterocycles. The van der Waals surface area contributed by atoms with Crippen LogP contribution in [0.25, 0.3) is 10.9 Å². The molecule has 2 aromatic rings. The van der Waals surface area contributed by atoms with Gasteiger partial charge in [0.05, 0.1) is 15.1 Å². The third-order valence-electron chi connectivity index (χ3n) is 2.04. The van der Waals surface area contributed by atoms with E-state index in [1.54, 1.807) is 13.0 Å². The van der Waals surface area contributed by atoms with Gasteiger partial charge in [-0.25, -0.2) is 4.98 Å². The summed E-state index contributed by atoms with van der Waals surface area (Å²) in [7, 11) is 0. The Kier molecular flexibility index (Phi) is 2.67. The molecule has 5 heteroatoms. The van der Waals surface area contributed by atoms with Crippen LogP contribution in [0.5, 0.6) is 5.75 Å². The molecule has 0 amide bonds. The Balaban J connectivity index is 3.02. The molecule has 0 saturated carbocycles. The lowest BCUT2D eigenvalue weighted by molar-refractivity contribution is 0.480. The Morgan fingerprint density at radius 3 is 2.33 bits per heavy atom. The van der Waals surface area contributed by atoms with E-state index in [9.17, 15) is 5.11 Å². The minimum absolute atomic E-state index is 0.0957. The highest BCUT2D eigenvalue weighted by Gasteiger charge is 2.13. The minimum atomic E-state index is -0.0957. The monoisotopic (exact) mass is 261 g/mol. The zero-order valence-electron chi connectivity index (χ0n) is 7.68. The summed E-state index contributed by atoms with van der Waals surface area (Å²) in [6, 6.07) is 3.13. The van der Waals surface area contributed by atoms with Crippen LogP contribution in [0.1, 0.15) is 5.69 Å². The van der Waals surface area contributed by atoms with Gasteiger partial charge < -0.3 is 5.11 Å². The highest BCUT2D eigenvalue weighted by molar-refractivity contribution is 6.44. The average molecular weight is 263 g/mol. The number of aromatic hydroxyl groups is 1. The molecular formula is C10H6Cl3NO. The van der Waals surface area contributed by atoms with E-state index in [-0.39, 0.29) is 10.8 Å². The van der Waals surface area contributed by atoms with Gasteiger partial charge >= 0.3 is 0 Å². The van der Waals surface area contributed by atoms with Crippen molar-refractivity contribution in [3.8, 4) is 5.75 Å². The molecule has 15 heavy (non-hydrogen) atoms. The topological polar surface area (TPSA) is 33.1 Å². The summed E-state index contributed by atoms with van der Waals surface area (Å²) in [5, 5.41) is 11.2. The molecule has 0 radical (unpaired) electrons. The molecule has 1 heterocycles. The molecule has 1 N–H and O–H groups in total. The summed E-state index contributed by atoms with van der Waals surface area (Å²) in [4.78, 5) is 4.15. The van der Waals surface area contributed by atoms with E-state index < -0.39 is 0 Å². The summed E-state index contributed by atoms with van der Waals surface area (Å²) in [5.41, 5.74) is 1.03. The molecule has 0 bridgehead atoms. The number of benzene rings is 1. The molecule has 78 valence electrons. The Morgan fingerprint density at radius 2 is 1.67 bits per heavy atom. The lowest BCUT2D eigenvalue weighted by Gasteiger charge is -2.07. The van der Waals surface area contributed by atoms with Crippen molar-refractivity contribution >= 4 is 45.7 Å². The molecule has 0 saturated heterocycles. The maximum atomic E-state index is 9.72. The van der Waals surface area contributed by atoms with Crippen LogP contribution in [0.4, 0.5) is 0 Å². The Morgan fingerprint density at radius 1 is 1.07 bits per heavy atom. The number of halogens is 3. The summed E-state index contributed by atoms with van der Waals surface area (Å²) in [5.74, 6) is -0.0957. The summed E-state index contributed by atoms with van der Waals surface area (Å²) in [6.45, 7) is 1.78. The first-order valence-corrected chi connectivity index (χ1v) is 5.28. The van der Waals surface area contributed by atoms with Crippen molar-refractivity contribution in [3.63, 3.8) is 0 Å². The fraction of sp³-hybridized carbons (Fsp3) is 0.100. The third-order valence-corrected chi connectivity index (χ3v) is 2.93. The van der Waals surface area contributed by atoms with Gasteiger partial charge in [-0.1, -0.05) is 34.8 Å². The number of pyridine rings is 1. The largest absolute Gasteiger partial charge is 0.504 e. The van der Waals surface area contributed by atoms with Gasteiger partial charge in [0.25, 0.3) is 0 Å². The molecule has 0 spiro atoms. The maximum absolute atomic E-state index is 9.72. The van der Waals surface area contributed by atoms with Crippen molar-refractivity contribution in [2.24, 2.45) is 0 Å². The Labute approximate surface area is 101 Å². The first-order valence-electron chi connectivity index (χ1n) is 4.14. The number of phenolic OH excluding ortho intramolecular Hbond substituents is 1. The average Bonchev–Trinajstić information content (AvgIpc) is 2.12. The molecule has 1 aromatic heterocycles. The first-order chi connectivity index (χ1) is 7.00. The normalized spacial score (nSPS) is 10.9. The smallest absolute Gasteiger partial charge is 0.160 e. The van der Waals surface area contributed by atoms with Crippen molar-refractivity contribution in [2.75, 3.05) is 0 Å². The number of fused-ring (bicyclic) bond motifs is 1. The van der Waals surface area contributed by atoms with Crippen molar-refractivity contribution in [1.82, 2.24) is 4.98 Å². The Bertz CT molecular complexity index is 546. The second-order valence-electron chi connectivity index (χ2n) is 3.16. The van der Waals surface area contributed by atoms with Gasteiger partial charge in [0, 0.05) is 11.1 Å². The van der Waals surface area contributed by atoms with E-state index in [1.165, 1.54) is 6.07 Å². The molecule has 0 unspecified atom stereocenters. The minimum Gasteiger partial charge on any atom is -0.504 e. The number of aromatic nitrogens is 1. The van der Waals surface area contributed by atoms with Gasteiger partial charge in [-0.3, -0.25) is 0 Å². The van der Waals surface area contributed by atoms with Gasteiger partial charge in [0.1, 0.15) is 5.52 Å². The lowest BCUT2D eigenvalue weighted by Crippen LogP contribution is -1.87. The van der Waals surface area contributed by atoms with E-state index in [1.807, 2.05) is 0 Å². The lowest BCUT2D eigenvalue weighted by atomic mass is 10.2. The molecule has 1 aromatic carbocycles. The Hall–Kier alpha value is -0.700. The van der Waals surface area contributed by atoms with Gasteiger partial charge in [-0.05, 0) is 19.1 Å². The SMILES string of the molecule is Cc1cc(Cl)c2c(Cl)cc(Cl)c(O)c2n1. The van der Waals surface area contributed by atoms with Crippen molar-refractivity contribution < 1.29 is 5.11 Å². The van der Waals surface area contributed by atoms with Crippen LogP contribution >= 0.6 is 34.8 Å². The van der Waals surface area contributed by atoms with Crippen molar-refractivity contribution in [3.05, 3.63) is 32.9 Å². The fourth-order valence-corrected chi connectivity index (χ4v) is 2.35. The second-order valence-corrected chi connectivity index (χ2v) is 4.38. The number of hydrogen-bond donors (Lipinski definition) is 1. The number of hydrogen-bond acceptors (Lipinski definition) is 2. The molecular weight excluding hydrogens is 256 g/mol. The number of rotatable bonds is 0. The summed E-state index contributed by atoms with van der Waals surface area (Å²) < 4.78 is 0. The first kappa shape index (κ1) is 10.8. The van der Waals surface area contributed by atoms with E-state index in [0.29, 0.717) is 26.6 Å². The van der Waals surface area contributed by atoms with Crippen LogP contribution in [-0.2, 0) is 0 Å². The van der Waals surface area contributed by atoms with Gasteiger partial charge in [0.2, 0.25) is 0 Å². The van der Waals surface area contributed by atoms with Crippen LogP contribution in [0.3, 0.4) is 0 Å². The third kappa shape index (κ3) is 1.73. The summed E-state index contributed by atoms with van der Waals surface area (Å²) in [6.07, 6.45) is 0. The van der Waals surface area contributed by atoms with Gasteiger partial charge in [-0.2, -0.15) is 0 Å². The molecule has 0 aliphatic rings. The zero-order valence-corrected chi connectivity index (χ0v) is 9.95. The molecule has 2 rings (SSSR count). The van der Waals surface area contributed by atoms with Crippen LogP contribution < -0.4 is 0 Å². The predicted octanol–water partition coefficient (Wildman–Crippen LogP) is 4.21. The molecule has 0 atom stereocenters. The predicted molar refractivity (Wildman–Crippen MR) is 63.2 cm³/mol. The molecule has 0 aliphatic carbocycles. The van der Waals surface area contributed by atoms with Gasteiger partial charge in [-0.15, -0.1) is 0 Å². The quantitative estimate of drug-likeness (QED) is 0.771. The van der Waals surface area contributed by atoms with Gasteiger partial charge in [0.15, 0.2) is 5.75 Å². The van der Waals surface area contributed by atoms with E-state index in [2.05, 4.69) is 4.98 Å². The second kappa shape index (κ2) is 3.71. The van der Waals surface area contributed by atoms with E-state index >= 15 is 0 Å². The van der Waals surface area contributed by atoms with Crippen LogP contribution in [0, 0.1) is 6.92 Å². The standard InChI is InChI=1S/C10H6Cl3NO/c1-4-2-5(11)8-6(12)3-7(13)10(15)9(8)14-4/h2-3,15H,1H3. The van der Waals surface area contributed by atoms with Crippen LogP contribution in [0.15, 0.2) is 12.1 Å². The maximum Gasteiger partial charge on any atom is 0.160 e. The number of phenols is 1. The van der Waals surface area contributed by atoms with Crippen LogP contribution in [-0.4, -0.2) is 10.1 Å². The highest BCUT2D eigenvalue weighted by atomic mass is 35.5. The number of nitrogens with zero attached hydrogens (tertiary/aromatic N) is 1. The van der Waals surface area contributed by atoms with Crippen molar-refractivity contribution in [2.45, 2.75) is 6.92 Å². The summed E-state index contributed by atoms with van der Waals surface area (Å²) >= 11 is 17.8. The number of aryl methyl sites for hydroxylation is 1. The molecule has 0 fully saturated rings. The van der Waals surface area contributed by atoms with Crippen LogP contribution in [0.2, 0.25) is 15.1 Å². The highest BCUT2D eigenvalue weighted by Crippen LogP contribution is 2.39. The van der Waals surface area contributed by atoms with E-state index in [0.717, 1.165) is 0 Å². The van der Waals surface area contributed by atoms with E-state index in [4.69, 9.17) is 34.8 Å². The zero-order chi connectivity index (χ0) is 11.2. The van der Waals surface area contributed by atoms with Crippen molar-refractivity contribution in [1.29, 1.82) is 0 Å². The fourth-order valence-electron chi connectivity index (χ4n) is 1.40.